The van der Waals surface area contributed by atoms with Gasteiger partial charge in [0, 0.05) is 77.9 Å². The monoisotopic (exact) mass is 649 g/mol. The van der Waals surface area contributed by atoms with E-state index in [0.717, 1.165) is 83.6 Å². The Kier molecular flexibility index (Phi) is 15.1. The molecule has 9 heteroatoms. The molecule has 10 atom stereocenters. The topological polar surface area (TPSA) is 133 Å². The highest BCUT2D eigenvalue weighted by molar-refractivity contribution is 5.69. The summed E-state index contributed by atoms with van der Waals surface area (Å²) < 4.78 is 5.42. The predicted molar refractivity (Wildman–Crippen MR) is 189 cm³/mol. The SMILES string of the molecule is CC(C)OC(=O)CC[C@@H](C)[C@H]1CCC2C3CCC4C[C@@H](NCCNCCNCCNCCNCCN)CC[C@]4(C)C3C[C@H](O)[C@@]21C. The molecule has 4 unspecified atom stereocenters. The Morgan fingerprint density at radius 3 is 2.09 bits per heavy atom. The molecule has 0 amide bonds. The number of esters is 1. The van der Waals surface area contributed by atoms with Crippen molar-refractivity contribution in [3.05, 3.63) is 0 Å². The maximum atomic E-state index is 12.3. The van der Waals surface area contributed by atoms with Crippen LogP contribution in [0.1, 0.15) is 98.8 Å². The van der Waals surface area contributed by atoms with Crippen molar-refractivity contribution >= 4 is 5.97 Å². The molecule has 0 aliphatic heterocycles. The molecular formula is C37H72N6O3. The summed E-state index contributed by atoms with van der Waals surface area (Å²) in [6, 6.07) is 0.623. The second kappa shape index (κ2) is 18.3. The number of aliphatic hydroxyl groups is 1. The first kappa shape index (κ1) is 38.0. The Balaban J connectivity index is 1.15. The van der Waals surface area contributed by atoms with Crippen LogP contribution in [0.3, 0.4) is 0 Å². The van der Waals surface area contributed by atoms with Crippen molar-refractivity contribution in [1.82, 2.24) is 26.6 Å². The Bertz CT molecular complexity index is 908. The molecule has 0 aromatic rings. The van der Waals surface area contributed by atoms with Crippen LogP contribution in [0.25, 0.3) is 0 Å². The fourth-order valence-corrected chi connectivity index (χ4v) is 10.7. The molecule has 0 saturated heterocycles. The van der Waals surface area contributed by atoms with Crippen LogP contribution in [-0.2, 0) is 9.53 Å². The van der Waals surface area contributed by atoms with Gasteiger partial charge in [-0.15, -0.1) is 0 Å². The van der Waals surface area contributed by atoms with Crippen molar-refractivity contribution in [2.45, 2.75) is 117 Å². The molecule has 0 aromatic heterocycles. The standard InChI is InChI=1S/C37H72N6O3/c1-26(2)46-35(45)11-6-27(3)31-9-10-32-30-8-7-28-24-29(12-13-36(28,4)33(30)25-34(44)37(31,32)5)43-23-22-42-21-20-41-19-18-40-17-16-39-15-14-38/h26-34,39-44H,6-25,38H2,1-5H3/t27-,28?,29+,30?,31-,32?,33?,34+,36+,37-/m1/s1. The van der Waals surface area contributed by atoms with Crippen LogP contribution in [0.4, 0.5) is 0 Å². The van der Waals surface area contributed by atoms with E-state index in [4.69, 9.17) is 10.5 Å². The first-order valence-electron chi connectivity index (χ1n) is 19.2. The van der Waals surface area contributed by atoms with Crippen LogP contribution >= 0.6 is 0 Å². The molecule has 0 heterocycles. The molecular weight excluding hydrogens is 576 g/mol. The quantitative estimate of drug-likeness (QED) is 0.0785. The van der Waals surface area contributed by atoms with Gasteiger partial charge in [-0.25, -0.2) is 0 Å². The number of hydrogen-bond donors (Lipinski definition) is 7. The van der Waals surface area contributed by atoms with Gasteiger partial charge in [-0.3, -0.25) is 4.79 Å². The lowest BCUT2D eigenvalue weighted by molar-refractivity contribution is -0.170. The highest BCUT2D eigenvalue weighted by Gasteiger charge is 2.63. The second-order valence-electron chi connectivity index (χ2n) is 16.2. The van der Waals surface area contributed by atoms with Crippen molar-refractivity contribution in [3.8, 4) is 0 Å². The van der Waals surface area contributed by atoms with Gasteiger partial charge in [0.25, 0.3) is 0 Å². The van der Waals surface area contributed by atoms with Crippen LogP contribution < -0.4 is 32.3 Å². The number of hydrogen-bond acceptors (Lipinski definition) is 9. The van der Waals surface area contributed by atoms with Crippen LogP contribution in [0.2, 0.25) is 0 Å². The zero-order chi connectivity index (χ0) is 33.2. The van der Waals surface area contributed by atoms with Crippen LogP contribution in [-0.4, -0.2) is 94.8 Å². The molecule has 4 fully saturated rings. The van der Waals surface area contributed by atoms with E-state index in [1.165, 1.54) is 44.9 Å². The molecule has 0 bridgehead atoms. The van der Waals surface area contributed by atoms with Gasteiger partial charge < -0.3 is 42.2 Å². The molecule has 268 valence electrons. The Morgan fingerprint density at radius 2 is 1.46 bits per heavy atom. The summed E-state index contributed by atoms with van der Waals surface area (Å²) in [4.78, 5) is 12.3. The van der Waals surface area contributed by atoms with Gasteiger partial charge >= 0.3 is 5.97 Å². The number of fused-ring (bicyclic) bond motifs is 5. The van der Waals surface area contributed by atoms with Gasteiger partial charge in [0.05, 0.1) is 12.2 Å². The van der Waals surface area contributed by atoms with Crippen molar-refractivity contribution in [2.75, 3.05) is 65.4 Å². The van der Waals surface area contributed by atoms with Crippen molar-refractivity contribution in [1.29, 1.82) is 0 Å². The van der Waals surface area contributed by atoms with E-state index >= 15 is 0 Å². The highest BCUT2D eigenvalue weighted by atomic mass is 16.5. The minimum absolute atomic E-state index is 0.0218. The Hall–Kier alpha value is -0.810. The van der Waals surface area contributed by atoms with Gasteiger partial charge in [0.2, 0.25) is 0 Å². The number of nitrogens with two attached hydrogens (primary N) is 1. The van der Waals surface area contributed by atoms with E-state index < -0.39 is 0 Å². The average Bonchev–Trinajstić information content (AvgIpc) is 3.39. The number of ether oxygens (including phenoxy) is 1. The van der Waals surface area contributed by atoms with E-state index in [-0.39, 0.29) is 23.6 Å². The van der Waals surface area contributed by atoms with Crippen molar-refractivity contribution in [2.24, 2.45) is 52.1 Å². The zero-order valence-electron chi connectivity index (χ0n) is 30.2. The first-order chi connectivity index (χ1) is 22.1. The van der Waals surface area contributed by atoms with Gasteiger partial charge in [0.15, 0.2) is 0 Å². The zero-order valence-corrected chi connectivity index (χ0v) is 30.2. The molecule has 4 aliphatic carbocycles. The number of rotatable bonds is 20. The van der Waals surface area contributed by atoms with Gasteiger partial charge in [-0.05, 0) is 118 Å². The van der Waals surface area contributed by atoms with Crippen LogP contribution in [0, 0.1) is 46.3 Å². The minimum Gasteiger partial charge on any atom is -0.463 e. The molecule has 46 heavy (non-hydrogen) atoms. The van der Waals surface area contributed by atoms with Crippen molar-refractivity contribution < 1.29 is 14.6 Å². The Labute approximate surface area is 281 Å². The van der Waals surface area contributed by atoms with Gasteiger partial charge in [-0.1, -0.05) is 20.8 Å². The largest absolute Gasteiger partial charge is 0.463 e. The number of aliphatic hydroxyl groups excluding tert-OH is 1. The van der Waals surface area contributed by atoms with E-state index in [0.29, 0.717) is 48.1 Å². The lowest BCUT2D eigenvalue weighted by Gasteiger charge is -2.62. The van der Waals surface area contributed by atoms with Crippen LogP contribution in [0.15, 0.2) is 0 Å². The van der Waals surface area contributed by atoms with E-state index in [2.05, 4.69) is 47.4 Å². The van der Waals surface area contributed by atoms with Gasteiger partial charge in [-0.2, -0.15) is 0 Å². The predicted octanol–water partition coefficient (Wildman–Crippen LogP) is 3.26. The molecule has 4 rings (SSSR count). The van der Waals surface area contributed by atoms with E-state index in [9.17, 15) is 9.90 Å². The summed E-state index contributed by atoms with van der Waals surface area (Å²) in [6.07, 6.45) is 11.0. The Morgan fingerprint density at radius 1 is 0.826 bits per heavy atom. The van der Waals surface area contributed by atoms with Gasteiger partial charge in [0.1, 0.15) is 0 Å². The third-order valence-electron chi connectivity index (χ3n) is 13.2. The van der Waals surface area contributed by atoms with E-state index in [1.807, 2.05) is 13.8 Å². The maximum absolute atomic E-state index is 12.3. The summed E-state index contributed by atoms with van der Waals surface area (Å²) in [6.45, 7) is 20.7. The molecule has 0 aromatic carbocycles. The summed E-state index contributed by atoms with van der Waals surface area (Å²) in [5, 5.41) is 29.7. The number of carbonyl (C=O) groups is 1. The molecule has 4 saturated carbocycles. The lowest BCUT2D eigenvalue weighted by atomic mass is 9.43. The summed E-state index contributed by atoms with van der Waals surface area (Å²) >= 11 is 0. The third-order valence-corrected chi connectivity index (χ3v) is 13.2. The fraction of sp³-hybridized carbons (Fsp3) is 0.973. The maximum Gasteiger partial charge on any atom is 0.306 e. The third kappa shape index (κ3) is 9.45. The average molecular weight is 649 g/mol. The number of carbonyl (C=O) groups excluding carboxylic acids is 1. The smallest absolute Gasteiger partial charge is 0.306 e. The summed E-state index contributed by atoms with van der Waals surface area (Å²) in [5.41, 5.74) is 5.82. The lowest BCUT2D eigenvalue weighted by Crippen LogP contribution is -2.59. The highest BCUT2D eigenvalue weighted by Crippen LogP contribution is 2.68. The molecule has 4 aliphatic rings. The summed E-state index contributed by atoms with van der Waals surface area (Å²) in [7, 11) is 0. The van der Waals surface area contributed by atoms with E-state index in [1.54, 1.807) is 0 Å². The van der Waals surface area contributed by atoms with Crippen molar-refractivity contribution in [3.63, 3.8) is 0 Å². The van der Waals surface area contributed by atoms with Crippen LogP contribution in [0.5, 0.6) is 0 Å². The fourth-order valence-electron chi connectivity index (χ4n) is 10.7. The molecule has 0 radical (unpaired) electrons. The minimum atomic E-state index is -0.233. The second-order valence-corrected chi connectivity index (χ2v) is 16.2. The number of nitrogens with one attached hydrogen (secondary N) is 5. The first-order valence-corrected chi connectivity index (χ1v) is 19.2. The molecule has 8 N–H and O–H groups in total. The molecule has 9 nitrogen and oxygen atoms in total. The summed E-state index contributed by atoms with van der Waals surface area (Å²) in [5.74, 6) is 3.62. The normalized spacial score (nSPS) is 36.2. The molecule has 0 spiro atoms.